The molecule has 1 aromatic rings. The van der Waals surface area contributed by atoms with Crippen molar-refractivity contribution in [3.05, 3.63) is 45.3 Å². The molecule has 1 unspecified atom stereocenters. The molecule has 168 valence electrons. The minimum atomic E-state index is -0.652. The smallest absolute Gasteiger partial charge is 0.336 e. The number of ether oxygens (including phenoxy) is 2. The Hall–Kier alpha value is -2.47. The van der Waals surface area contributed by atoms with Gasteiger partial charge in [-0.05, 0) is 42.9 Å². The zero-order valence-corrected chi connectivity index (χ0v) is 19.5. The van der Waals surface area contributed by atoms with Gasteiger partial charge in [-0.15, -0.1) is 0 Å². The predicted molar refractivity (Wildman–Crippen MR) is 119 cm³/mol. The molecule has 1 aliphatic carbocycles. The number of aromatic hydroxyl groups is 1. The maximum atomic E-state index is 13.3. The molecule has 1 aliphatic heterocycles. The van der Waals surface area contributed by atoms with E-state index >= 15 is 0 Å². The fourth-order valence-corrected chi connectivity index (χ4v) is 4.56. The van der Waals surface area contributed by atoms with Crippen molar-refractivity contribution < 1.29 is 24.2 Å². The van der Waals surface area contributed by atoms with Crippen LogP contribution in [0, 0.1) is 5.41 Å². The Morgan fingerprint density at radius 3 is 2.68 bits per heavy atom. The van der Waals surface area contributed by atoms with Crippen LogP contribution in [0.15, 0.2) is 34.7 Å². The number of nitrogens with one attached hydrogen (secondary N) is 1. The van der Waals surface area contributed by atoms with Gasteiger partial charge in [0.05, 0.1) is 24.3 Å². The van der Waals surface area contributed by atoms with Crippen LogP contribution in [0.1, 0.15) is 64.9 Å². The van der Waals surface area contributed by atoms with E-state index in [2.05, 4.69) is 19.2 Å². The van der Waals surface area contributed by atoms with Gasteiger partial charge in [0.1, 0.15) is 0 Å². The molecule has 6 nitrogen and oxygen atoms in total. The summed E-state index contributed by atoms with van der Waals surface area (Å²) in [5.41, 5.74) is 2.82. The van der Waals surface area contributed by atoms with Crippen LogP contribution in [-0.2, 0) is 14.3 Å². The minimum absolute atomic E-state index is 0.0155. The van der Waals surface area contributed by atoms with Gasteiger partial charge in [0, 0.05) is 29.3 Å². The van der Waals surface area contributed by atoms with Crippen LogP contribution in [0.5, 0.6) is 11.5 Å². The fraction of sp³-hybridized carbons (Fsp3) is 0.500. The van der Waals surface area contributed by atoms with Crippen molar-refractivity contribution in [2.24, 2.45) is 5.41 Å². The van der Waals surface area contributed by atoms with Crippen molar-refractivity contribution in [3.8, 4) is 11.5 Å². The SMILES string of the molecule is CCCCOC(=O)C1=C(C)NC2=C(C(=O)CC(C)(C)C2)C1c1cc(Cl)c(O)c(OC)c1. The number of phenols is 1. The molecule has 7 heteroatoms. The third-order valence-corrected chi connectivity index (χ3v) is 6.08. The molecule has 2 aliphatic rings. The summed E-state index contributed by atoms with van der Waals surface area (Å²) in [6, 6.07) is 3.21. The fourth-order valence-electron chi connectivity index (χ4n) is 4.34. The Morgan fingerprint density at radius 2 is 2.03 bits per heavy atom. The van der Waals surface area contributed by atoms with Crippen LogP contribution in [0.4, 0.5) is 0 Å². The number of halogens is 1. The summed E-state index contributed by atoms with van der Waals surface area (Å²) in [7, 11) is 1.43. The van der Waals surface area contributed by atoms with E-state index in [1.165, 1.54) is 7.11 Å². The first-order chi connectivity index (χ1) is 14.6. The number of dihydropyridines is 1. The Bertz CT molecular complexity index is 976. The molecule has 0 spiro atoms. The van der Waals surface area contributed by atoms with Gasteiger partial charge in [-0.3, -0.25) is 4.79 Å². The van der Waals surface area contributed by atoms with Gasteiger partial charge in [-0.25, -0.2) is 4.79 Å². The monoisotopic (exact) mass is 447 g/mol. The first-order valence-electron chi connectivity index (χ1n) is 10.6. The third-order valence-electron chi connectivity index (χ3n) is 5.79. The number of ketones is 1. The zero-order chi connectivity index (χ0) is 22.9. The second-order valence-electron chi connectivity index (χ2n) is 8.97. The quantitative estimate of drug-likeness (QED) is 0.471. The first-order valence-corrected chi connectivity index (χ1v) is 10.9. The van der Waals surface area contributed by atoms with Crippen molar-refractivity contribution in [3.63, 3.8) is 0 Å². The van der Waals surface area contributed by atoms with Crippen LogP contribution in [0.25, 0.3) is 0 Å². The number of benzene rings is 1. The number of hydrogen-bond donors (Lipinski definition) is 2. The van der Waals surface area contributed by atoms with Crippen molar-refractivity contribution in [2.75, 3.05) is 13.7 Å². The van der Waals surface area contributed by atoms with Crippen LogP contribution in [-0.4, -0.2) is 30.6 Å². The molecule has 1 atom stereocenters. The van der Waals surface area contributed by atoms with Gasteiger partial charge >= 0.3 is 5.97 Å². The summed E-state index contributed by atoms with van der Waals surface area (Å²) in [5, 5.41) is 13.6. The molecule has 0 fully saturated rings. The van der Waals surface area contributed by atoms with Crippen LogP contribution in [0.3, 0.4) is 0 Å². The van der Waals surface area contributed by atoms with Crippen LogP contribution in [0.2, 0.25) is 5.02 Å². The second-order valence-corrected chi connectivity index (χ2v) is 9.38. The molecular formula is C24H30ClNO5. The molecule has 1 aromatic carbocycles. The average molecular weight is 448 g/mol. The van der Waals surface area contributed by atoms with E-state index in [1.54, 1.807) is 12.1 Å². The third kappa shape index (κ3) is 4.59. The van der Waals surface area contributed by atoms with Gasteiger partial charge in [0.2, 0.25) is 0 Å². The summed E-state index contributed by atoms with van der Waals surface area (Å²) in [6.07, 6.45) is 2.73. The van der Waals surface area contributed by atoms with Crippen LogP contribution < -0.4 is 10.1 Å². The van der Waals surface area contributed by atoms with Gasteiger partial charge in [0.25, 0.3) is 0 Å². The summed E-state index contributed by atoms with van der Waals surface area (Å²) in [4.78, 5) is 26.4. The van der Waals surface area contributed by atoms with E-state index < -0.39 is 11.9 Å². The Balaban J connectivity index is 2.17. The van der Waals surface area contributed by atoms with Gasteiger partial charge < -0.3 is 19.9 Å². The number of allylic oxidation sites excluding steroid dienone is 3. The predicted octanol–water partition coefficient (Wildman–Crippen LogP) is 5.00. The van der Waals surface area contributed by atoms with E-state index in [-0.39, 0.29) is 27.7 Å². The number of phenolic OH excluding ortho intramolecular Hbond substituents is 1. The lowest BCUT2D eigenvalue weighted by Crippen LogP contribution is -2.38. The number of carbonyl (C=O) groups excluding carboxylic acids is 2. The van der Waals surface area contributed by atoms with Crippen LogP contribution >= 0.6 is 11.6 Å². The lowest BCUT2D eigenvalue weighted by atomic mass is 9.68. The molecule has 31 heavy (non-hydrogen) atoms. The normalized spacial score (nSPS) is 20.3. The standard InChI is InChI=1S/C24H30ClNO5/c1-6-7-8-31-23(29)19-13(2)26-16-11-24(3,4)12-17(27)21(16)20(19)14-9-15(25)22(28)18(10-14)30-5/h9-10,20,26,28H,6-8,11-12H2,1-5H3. The lowest BCUT2D eigenvalue weighted by molar-refractivity contribution is -0.139. The number of rotatable bonds is 6. The summed E-state index contributed by atoms with van der Waals surface area (Å²) >= 11 is 6.26. The molecule has 2 N–H and O–H groups in total. The molecule has 1 heterocycles. The Labute approximate surface area is 188 Å². The van der Waals surface area contributed by atoms with Gasteiger partial charge in [-0.1, -0.05) is 38.8 Å². The Kier molecular flexibility index (Phi) is 6.70. The molecule has 3 rings (SSSR count). The molecule has 0 saturated heterocycles. The summed E-state index contributed by atoms with van der Waals surface area (Å²) < 4.78 is 10.8. The maximum Gasteiger partial charge on any atom is 0.336 e. The van der Waals surface area contributed by atoms with Crippen molar-refractivity contribution in [2.45, 2.75) is 59.3 Å². The second kappa shape index (κ2) is 8.95. The molecule has 0 radical (unpaired) electrons. The lowest BCUT2D eigenvalue weighted by Gasteiger charge is -2.39. The number of unbranched alkanes of at least 4 members (excludes halogenated alkanes) is 1. The molecule has 0 aromatic heterocycles. The van der Waals surface area contributed by atoms with E-state index in [4.69, 9.17) is 21.1 Å². The minimum Gasteiger partial charge on any atom is -0.503 e. The summed E-state index contributed by atoms with van der Waals surface area (Å²) in [6.45, 7) is 8.26. The molecule has 0 amide bonds. The van der Waals surface area contributed by atoms with E-state index in [9.17, 15) is 14.7 Å². The molecule has 0 bridgehead atoms. The topological polar surface area (TPSA) is 84.9 Å². The highest BCUT2D eigenvalue weighted by atomic mass is 35.5. The molecular weight excluding hydrogens is 418 g/mol. The number of hydrogen-bond acceptors (Lipinski definition) is 6. The number of esters is 1. The Morgan fingerprint density at radius 1 is 1.32 bits per heavy atom. The summed E-state index contributed by atoms with van der Waals surface area (Å²) in [5.74, 6) is -1.13. The highest BCUT2D eigenvalue weighted by Gasteiger charge is 2.43. The highest BCUT2D eigenvalue weighted by molar-refractivity contribution is 6.32. The average Bonchev–Trinajstić information content (AvgIpc) is 2.68. The van der Waals surface area contributed by atoms with Crippen molar-refractivity contribution in [1.82, 2.24) is 5.32 Å². The number of carbonyl (C=O) groups is 2. The van der Waals surface area contributed by atoms with Gasteiger partial charge in [-0.2, -0.15) is 0 Å². The molecule has 0 saturated carbocycles. The largest absolute Gasteiger partial charge is 0.503 e. The number of Topliss-reactive ketones (excluding diaryl/α,β-unsaturated/α-hetero) is 1. The van der Waals surface area contributed by atoms with Crippen molar-refractivity contribution >= 4 is 23.4 Å². The van der Waals surface area contributed by atoms with Crippen molar-refractivity contribution in [1.29, 1.82) is 0 Å². The zero-order valence-electron chi connectivity index (χ0n) is 18.7. The van der Waals surface area contributed by atoms with Gasteiger partial charge in [0.15, 0.2) is 17.3 Å². The van der Waals surface area contributed by atoms with E-state index in [0.29, 0.717) is 41.9 Å². The maximum absolute atomic E-state index is 13.3. The van der Waals surface area contributed by atoms with E-state index in [1.807, 2.05) is 13.8 Å². The van der Waals surface area contributed by atoms with E-state index in [0.717, 1.165) is 18.5 Å². The first kappa shape index (κ1) is 23.2. The number of methoxy groups -OCH3 is 1. The highest BCUT2D eigenvalue weighted by Crippen LogP contribution is 2.48.